The highest BCUT2D eigenvalue weighted by Gasteiger charge is 2.24. The van der Waals surface area contributed by atoms with E-state index in [1.165, 1.54) is 32.1 Å². The lowest BCUT2D eigenvalue weighted by atomic mass is 9.85. The van der Waals surface area contributed by atoms with E-state index in [0.29, 0.717) is 10.9 Å². The van der Waals surface area contributed by atoms with Gasteiger partial charge in [-0.15, -0.1) is 0 Å². The average Bonchev–Trinajstić information content (AvgIpc) is 2.69. The number of carbonyl (C=O) groups excluding carboxylic acids is 1. The molecule has 1 aliphatic carbocycles. The van der Waals surface area contributed by atoms with E-state index in [4.69, 9.17) is 21.7 Å². The zero-order valence-electron chi connectivity index (χ0n) is 18.0. The van der Waals surface area contributed by atoms with Crippen LogP contribution in [0.15, 0.2) is 24.3 Å². The Bertz CT molecular complexity index is 652. The lowest BCUT2D eigenvalue weighted by molar-refractivity contribution is 0.0514. The van der Waals surface area contributed by atoms with Crippen molar-refractivity contribution >= 4 is 29.0 Å². The third kappa shape index (κ3) is 8.90. The van der Waals surface area contributed by atoms with Crippen LogP contribution in [0.4, 0.5) is 10.5 Å². The molecule has 2 rings (SSSR count). The van der Waals surface area contributed by atoms with Gasteiger partial charge in [-0.05, 0) is 63.8 Å². The fourth-order valence-corrected chi connectivity index (χ4v) is 3.72. The Morgan fingerprint density at radius 3 is 2.41 bits per heavy atom. The van der Waals surface area contributed by atoms with Gasteiger partial charge in [0.2, 0.25) is 0 Å². The van der Waals surface area contributed by atoms with Crippen molar-refractivity contribution in [3.05, 3.63) is 24.3 Å². The van der Waals surface area contributed by atoms with Gasteiger partial charge in [0.05, 0.1) is 18.8 Å². The first kappa shape index (κ1) is 23.3. The van der Waals surface area contributed by atoms with E-state index in [0.717, 1.165) is 24.3 Å². The van der Waals surface area contributed by atoms with Gasteiger partial charge in [0.15, 0.2) is 0 Å². The summed E-state index contributed by atoms with van der Waals surface area (Å²) in [7, 11) is 1.63. The number of rotatable bonds is 8. The van der Waals surface area contributed by atoms with Crippen molar-refractivity contribution in [1.29, 1.82) is 0 Å². The van der Waals surface area contributed by atoms with Crippen LogP contribution in [0.25, 0.3) is 0 Å². The molecule has 0 radical (unpaired) electrons. The second-order valence-corrected chi connectivity index (χ2v) is 9.06. The van der Waals surface area contributed by atoms with Crippen LogP contribution < -0.4 is 20.9 Å². The number of thiocarbonyl (C=S) groups is 1. The van der Waals surface area contributed by atoms with E-state index in [1.54, 1.807) is 7.11 Å². The van der Waals surface area contributed by atoms with Gasteiger partial charge in [-0.1, -0.05) is 44.3 Å². The average molecular weight is 422 g/mol. The third-order valence-corrected chi connectivity index (χ3v) is 5.40. The molecule has 0 unspecified atom stereocenters. The Kier molecular flexibility index (Phi) is 9.01. The van der Waals surface area contributed by atoms with Crippen molar-refractivity contribution in [1.82, 2.24) is 10.7 Å². The SMILES string of the molecule is COc1ccc(NNC(=S)[C@@H](CCC2CCCCC2)NC(=O)OC(C)(C)C)cc1. The van der Waals surface area contributed by atoms with Gasteiger partial charge in [0.25, 0.3) is 0 Å². The van der Waals surface area contributed by atoms with Gasteiger partial charge < -0.3 is 20.2 Å². The van der Waals surface area contributed by atoms with Gasteiger partial charge in [-0.2, -0.15) is 0 Å². The van der Waals surface area contributed by atoms with E-state index in [1.807, 2.05) is 45.0 Å². The molecule has 1 saturated carbocycles. The quantitative estimate of drug-likeness (QED) is 0.396. The molecular formula is C22H35N3O3S. The fraction of sp³-hybridized carbons (Fsp3) is 0.636. The van der Waals surface area contributed by atoms with Crippen molar-refractivity contribution < 1.29 is 14.3 Å². The topological polar surface area (TPSA) is 71.6 Å². The van der Waals surface area contributed by atoms with Crippen molar-refractivity contribution in [2.24, 2.45) is 5.92 Å². The minimum absolute atomic E-state index is 0.285. The fourth-order valence-electron chi connectivity index (χ4n) is 3.49. The minimum Gasteiger partial charge on any atom is -0.497 e. The molecule has 1 aliphatic rings. The highest BCUT2D eigenvalue weighted by molar-refractivity contribution is 7.80. The number of carbonyl (C=O) groups is 1. The van der Waals surface area contributed by atoms with Crippen molar-refractivity contribution in [3.8, 4) is 5.75 Å². The second kappa shape index (κ2) is 11.2. The number of hydrazine groups is 1. The molecule has 3 N–H and O–H groups in total. The molecule has 0 spiro atoms. The minimum atomic E-state index is -0.547. The molecule has 162 valence electrons. The van der Waals surface area contributed by atoms with Crippen molar-refractivity contribution in [2.75, 3.05) is 12.5 Å². The summed E-state index contributed by atoms with van der Waals surface area (Å²) in [5, 5.41) is 2.94. The monoisotopic (exact) mass is 421 g/mol. The molecule has 1 aromatic carbocycles. The first-order valence-corrected chi connectivity index (χ1v) is 10.9. The summed E-state index contributed by atoms with van der Waals surface area (Å²) in [6.45, 7) is 5.56. The van der Waals surface area contributed by atoms with Crippen LogP contribution in [-0.4, -0.2) is 29.8 Å². The molecule has 1 aromatic rings. The van der Waals surface area contributed by atoms with E-state index in [9.17, 15) is 4.79 Å². The first-order chi connectivity index (χ1) is 13.8. The maximum absolute atomic E-state index is 12.3. The number of nitrogens with one attached hydrogen (secondary N) is 3. The van der Waals surface area contributed by atoms with Gasteiger partial charge in [-0.3, -0.25) is 5.43 Å². The molecule has 1 atom stereocenters. The molecule has 0 heterocycles. The highest BCUT2D eigenvalue weighted by atomic mass is 32.1. The zero-order valence-corrected chi connectivity index (χ0v) is 18.9. The van der Waals surface area contributed by atoms with Gasteiger partial charge in [0, 0.05) is 0 Å². The summed E-state index contributed by atoms with van der Waals surface area (Å²) in [6.07, 6.45) is 7.87. The molecule has 6 nitrogen and oxygen atoms in total. The Hall–Kier alpha value is -2.02. The number of anilines is 1. The van der Waals surface area contributed by atoms with E-state index in [-0.39, 0.29) is 6.04 Å². The Balaban J connectivity index is 1.93. The molecule has 0 aliphatic heterocycles. The molecule has 1 fully saturated rings. The van der Waals surface area contributed by atoms with Crippen molar-refractivity contribution in [2.45, 2.75) is 77.4 Å². The number of hydrogen-bond acceptors (Lipinski definition) is 5. The van der Waals surface area contributed by atoms with Crippen LogP contribution in [0.5, 0.6) is 5.75 Å². The number of amides is 1. The summed E-state index contributed by atoms with van der Waals surface area (Å²) in [5.74, 6) is 1.50. The summed E-state index contributed by atoms with van der Waals surface area (Å²) in [6, 6.07) is 7.24. The van der Waals surface area contributed by atoms with E-state index < -0.39 is 11.7 Å². The number of benzene rings is 1. The lowest BCUT2D eigenvalue weighted by Gasteiger charge is -2.27. The Morgan fingerprint density at radius 2 is 1.83 bits per heavy atom. The van der Waals surface area contributed by atoms with Crippen LogP contribution >= 0.6 is 12.2 Å². The van der Waals surface area contributed by atoms with Crippen LogP contribution in [0.2, 0.25) is 0 Å². The van der Waals surface area contributed by atoms with Crippen molar-refractivity contribution in [3.63, 3.8) is 0 Å². The van der Waals surface area contributed by atoms with Gasteiger partial charge >= 0.3 is 6.09 Å². The summed E-state index contributed by atoms with van der Waals surface area (Å²) >= 11 is 5.58. The number of methoxy groups -OCH3 is 1. The smallest absolute Gasteiger partial charge is 0.408 e. The summed E-state index contributed by atoms with van der Waals surface area (Å²) < 4.78 is 10.6. The molecule has 1 amide bonds. The predicted octanol–water partition coefficient (Wildman–Crippen LogP) is 5.19. The van der Waals surface area contributed by atoms with Gasteiger partial charge in [-0.25, -0.2) is 4.79 Å². The standard InChI is InChI=1S/C22H35N3O3S/c1-22(2,3)28-21(26)23-19(15-10-16-8-6-5-7-9-16)20(29)25-24-17-11-13-18(27-4)14-12-17/h11-14,16,19,24H,5-10,15H2,1-4H3,(H,23,26)(H,25,29)/t19-/m1/s1. The second-order valence-electron chi connectivity index (χ2n) is 8.62. The molecule has 0 saturated heterocycles. The number of alkyl carbamates (subject to hydrolysis) is 1. The lowest BCUT2D eigenvalue weighted by Crippen LogP contribution is -2.48. The predicted molar refractivity (Wildman–Crippen MR) is 121 cm³/mol. The Labute approximate surface area is 180 Å². The molecule has 7 heteroatoms. The summed E-state index contributed by atoms with van der Waals surface area (Å²) in [4.78, 5) is 12.9. The van der Waals surface area contributed by atoms with Crippen LogP contribution in [0.3, 0.4) is 0 Å². The zero-order chi connectivity index (χ0) is 21.3. The Morgan fingerprint density at radius 1 is 1.17 bits per heavy atom. The van der Waals surface area contributed by atoms with Crippen LogP contribution in [0.1, 0.15) is 65.7 Å². The van der Waals surface area contributed by atoms with E-state index in [2.05, 4.69) is 16.2 Å². The summed E-state index contributed by atoms with van der Waals surface area (Å²) in [5.41, 5.74) is 6.47. The molecule has 0 aromatic heterocycles. The third-order valence-electron chi connectivity index (χ3n) is 5.02. The number of hydrogen-bond donors (Lipinski definition) is 3. The molecular weight excluding hydrogens is 386 g/mol. The largest absolute Gasteiger partial charge is 0.497 e. The van der Waals surface area contributed by atoms with Gasteiger partial charge in [0.1, 0.15) is 16.3 Å². The number of ether oxygens (including phenoxy) is 2. The van der Waals surface area contributed by atoms with Crippen LogP contribution in [0, 0.1) is 5.92 Å². The highest BCUT2D eigenvalue weighted by Crippen LogP contribution is 2.28. The first-order valence-electron chi connectivity index (χ1n) is 10.5. The molecule has 0 bridgehead atoms. The van der Waals surface area contributed by atoms with Crippen LogP contribution in [-0.2, 0) is 4.74 Å². The maximum Gasteiger partial charge on any atom is 0.408 e. The molecule has 29 heavy (non-hydrogen) atoms. The maximum atomic E-state index is 12.3. The normalized spacial score (nSPS) is 15.9. The van der Waals surface area contributed by atoms with E-state index >= 15 is 0 Å².